The van der Waals surface area contributed by atoms with Crippen molar-refractivity contribution in [2.45, 2.75) is 32.7 Å². The van der Waals surface area contributed by atoms with Crippen LogP contribution in [0.4, 0.5) is 0 Å². The average molecular weight is 218 g/mol. The first-order valence-corrected chi connectivity index (χ1v) is 5.45. The van der Waals surface area contributed by atoms with Crippen LogP contribution >= 0.6 is 0 Å². The van der Waals surface area contributed by atoms with Gasteiger partial charge in [0.1, 0.15) is 6.10 Å². The van der Waals surface area contributed by atoms with E-state index in [0.29, 0.717) is 13.2 Å². The van der Waals surface area contributed by atoms with Gasteiger partial charge >= 0.3 is 0 Å². The molecule has 0 unspecified atom stereocenters. The fourth-order valence-electron chi connectivity index (χ4n) is 1.34. The molecule has 0 aliphatic rings. The van der Waals surface area contributed by atoms with E-state index in [-0.39, 0.29) is 12.2 Å². The molecule has 0 fully saturated rings. The molecule has 0 saturated carbocycles. The maximum absolute atomic E-state index is 5.53. The lowest BCUT2D eigenvalue weighted by molar-refractivity contribution is -0.0269. The molecule has 1 aromatic carbocycles. The average Bonchev–Trinajstić information content (AvgIpc) is 2.30. The quantitative estimate of drug-likeness (QED) is 0.683. The Morgan fingerprint density at radius 2 is 1.94 bits per heavy atom. The van der Waals surface area contributed by atoms with Crippen LogP contribution in [0.25, 0.3) is 0 Å². The number of hydrogen-bond donors (Lipinski definition) is 0. The lowest BCUT2D eigenvalue weighted by Gasteiger charge is -2.15. The van der Waals surface area contributed by atoms with Crippen molar-refractivity contribution in [1.29, 1.82) is 0 Å². The summed E-state index contributed by atoms with van der Waals surface area (Å²) in [7, 11) is 0. The summed E-state index contributed by atoms with van der Waals surface area (Å²) in [5, 5.41) is 0. The van der Waals surface area contributed by atoms with Gasteiger partial charge in [0.25, 0.3) is 0 Å². The Kier molecular flexibility index (Phi) is 5.63. The molecule has 1 aromatic rings. The third kappa shape index (κ3) is 4.97. The van der Waals surface area contributed by atoms with Crippen LogP contribution < -0.4 is 0 Å². The molecule has 1 rings (SSSR count). The predicted molar refractivity (Wildman–Crippen MR) is 64.9 cm³/mol. The van der Waals surface area contributed by atoms with Crippen LogP contribution in [0.1, 0.15) is 19.4 Å². The predicted octanol–water partition coefficient (Wildman–Crippen LogP) is 2.63. The molecule has 2 atom stereocenters. The molecule has 86 valence electrons. The summed E-state index contributed by atoms with van der Waals surface area (Å²) in [6.07, 6.45) is 5.09. The third-order valence-corrected chi connectivity index (χ3v) is 2.14. The fraction of sp³-hybridized carbons (Fsp3) is 0.429. The highest BCUT2D eigenvalue weighted by Gasteiger charge is 2.06. The Morgan fingerprint density at radius 1 is 1.25 bits per heavy atom. The van der Waals surface area contributed by atoms with Gasteiger partial charge in [0.2, 0.25) is 0 Å². The minimum absolute atomic E-state index is 0.0229. The molecule has 0 radical (unpaired) electrons. The minimum atomic E-state index is -0.157. The maximum atomic E-state index is 5.53. The van der Waals surface area contributed by atoms with Crippen molar-refractivity contribution in [3.05, 3.63) is 35.9 Å². The van der Waals surface area contributed by atoms with Crippen molar-refractivity contribution < 1.29 is 9.47 Å². The van der Waals surface area contributed by atoms with Crippen molar-refractivity contribution in [2.75, 3.05) is 6.61 Å². The van der Waals surface area contributed by atoms with Crippen molar-refractivity contribution in [1.82, 2.24) is 0 Å². The molecule has 16 heavy (non-hydrogen) atoms. The first-order valence-electron chi connectivity index (χ1n) is 5.45. The van der Waals surface area contributed by atoms with Gasteiger partial charge in [-0.3, -0.25) is 0 Å². The zero-order valence-electron chi connectivity index (χ0n) is 9.85. The number of hydrogen-bond acceptors (Lipinski definition) is 2. The summed E-state index contributed by atoms with van der Waals surface area (Å²) in [5.41, 5.74) is 1.17. The van der Waals surface area contributed by atoms with Crippen LogP contribution in [0.2, 0.25) is 0 Å². The first-order chi connectivity index (χ1) is 7.72. The molecule has 2 nitrogen and oxygen atoms in total. The van der Waals surface area contributed by atoms with Gasteiger partial charge in [-0.1, -0.05) is 36.3 Å². The lowest BCUT2D eigenvalue weighted by atomic mass is 10.2. The summed E-state index contributed by atoms with van der Waals surface area (Å²) >= 11 is 0. The molecule has 0 aromatic heterocycles. The van der Waals surface area contributed by atoms with Crippen molar-refractivity contribution in [3.63, 3.8) is 0 Å². The van der Waals surface area contributed by atoms with Crippen LogP contribution in [-0.2, 0) is 16.1 Å². The van der Waals surface area contributed by atoms with Crippen LogP contribution in [0, 0.1) is 12.3 Å². The summed E-state index contributed by atoms with van der Waals surface area (Å²) in [6.45, 7) is 4.98. The Bertz CT molecular complexity index is 326. The van der Waals surface area contributed by atoms with Gasteiger partial charge in [0.15, 0.2) is 0 Å². The lowest BCUT2D eigenvalue weighted by Crippen LogP contribution is -2.20. The van der Waals surface area contributed by atoms with Gasteiger partial charge in [0, 0.05) is 0 Å². The molecule has 2 heteroatoms. The summed E-state index contributed by atoms with van der Waals surface area (Å²) in [5.74, 6) is 2.53. The van der Waals surface area contributed by atoms with Crippen molar-refractivity contribution >= 4 is 0 Å². The second kappa shape index (κ2) is 7.05. The van der Waals surface area contributed by atoms with E-state index in [1.165, 1.54) is 5.56 Å². The van der Waals surface area contributed by atoms with E-state index in [1.54, 1.807) is 0 Å². The van der Waals surface area contributed by atoms with Gasteiger partial charge in [-0.2, -0.15) is 0 Å². The Labute approximate surface area is 97.6 Å². The van der Waals surface area contributed by atoms with Gasteiger partial charge in [-0.15, -0.1) is 6.42 Å². The number of rotatable bonds is 6. The van der Waals surface area contributed by atoms with E-state index in [9.17, 15) is 0 Å². The molecule has 0 aliphatic heterocycles. The van der Waals surface area contributed by atoms with E-state index in [1.807, 2.05) is 44.2 Å². The molecule has 0 aliphatic carbocycles. The summed E-state index contributed by atoms with van der Waals surface area (Å²) in [6, 6.07) is 10.1. The highest BCUT2D eigenvalue weighted by atomic mass is 16.5. The Hall–Kier alpha value is -1.30. The van der Waals surface area contributed by atoms with Crippen LogP contribution in [-0.4, -0.2) is 18.8 Å². The zero-order valence-corrected chi connectivity index (χ0v) is 9.85. The van der Waals surface area contributed by atoms with Crippen LogP contribution in [0.5, 0.6) is 0 Å². The van der Waals surface area contributed by atoms with Crippen molar-refractivity contribution in [2.24, 2.45) is 0 Å². The third-order valence-electron chi connectivity index (χ3n) is 2.14. The van der Waals surface area contributed by atoms with E-state index < -0.39 is 0 Å². The topological polar surface area (TPSA) is 18.5 Å². The van der Waals surface area contributed by atoms with Gasteiger partial charge < -0.3 is 9.47 Å². The molecule has 0 N–H and O–H groups in total. The van der Waals surface area contributed by atoms with Gasteiger partial charge in [-0.25, -0.2) is 0 Å². The smallest absolute Gasteiger partial charge is 0.115 e. The standard InChI is InChI=1S/C14H18O2/c1-4-12(2)16-13(3)10-15-11-14-8-6-5-7-9-14/h1,5-9,12-13H,10-11H2,2-3H3/t12-,13-/m1/s1. The van der Waals surface area contributed by atoms with E-state index in [2.05, 4.69) is 5.92 Å². The molecular formula is C14H18O2. The van der Waals surface area contributed by atoms with E-state index in [0.717, 1.165) is 0 Å². The highest BCUT2D eigenvalue weighted by molar-refractivity contribution is 5.13. The Balaban J connectivity index is 2.19. The number of benzene rings is 1. The SMILES string of the molecule is C#C[C@@H](C)O[C@H](C)COCc1ccccc1. The summed E-state index contributed by atoms with van der Waals surface area (Å²) in [4.78, 5) is 0. The molecule has 0 heterocycles. The fourth-order valence-corrected chi connectivity index (χ4v) is 1.34. The van der Waals surface area contributed by atoms with Crippen LogP contribution in [0.15, 0.2) is 30.3 Å². The second-order valence-electron chi connectivity index (χ2n) is 3.76. The van der Waals surface area contributed by atoms with Gasteiger partial charge in [0.05, 0.1) is 19.3 Å². The number of ether oxygens (including phenoxy) is 2. The minimum Gasteiger partial charge on any atom is -0.374 e. The zero-order chi connectivity index (χ0) is 11.8. The largest absolute Gasteiger partial charge is 0.374 e. The van der Waals surface area contributed by atoms with E-state index in [4.69, 9.17) is 15.9 Å². The first kappa shape index (κ1) is 12.8. The number of terminal acetylenes is 1. The van der Waals surface area contributed by atoms with E-state index >= 15 is 0 Å². The highest BCUT2D eigenvalue weighted by Crippen LogP contribution is 2.03. The molecule has 0 spiro atoms. The van der Waals surface area contributed by atoms with Crippen LogP contribution in [0.3, 0.4) is 0 Å². The normalized spacial score (nSPS) is 14.1. The summed E-state index contributed by atoms with van der Waals surface area (Å²) < 4.78 is 11.0. The maximum Gasteiger partial charge on any atom is 0.115 e. The molecule has 0 saturated heterocycles. The molecule has 0 bridgehead atoms. The molecule has 0 amide bonds. The second-order valence-corrected chi connectivity index (χ2v) is 3.76. The van der Waals surface area contributed by atoms with Crippen molar-refractivity contribution in [3.8, 4) is 12.3 Å². The monoisotopic (exact) mass is 218 g/mol. The molecular weight excluding hydrogens is 200 g/mol. The van der Waals surface area contributed by atoms with Gasteiger partial charge in [-0.05, 0) is 19.4 Å². The Morgan fingerprint density at radius 3 is 2.56 bits per heavy atom.